The van der Waals surface area contributed by atoms with Crippen molar-refractivity contribution in [2.75, 3.05) is 0 Å². The molecule has 1 unspecified atom stereocenters. The van der Waals surface area contributed by atoms with Crippen LogP contribution in [0, 0.1) is 17.0 Å². The van der Waals surface area contributed by atoms with Gasteiger partial charge in [-0.15, -0.1) is 0 Å². The van der Waals surface area contributed by atoms with E-state index in [0.29, 0.717) is 11.3 Å². The zero-order valence-corrected chi connectivity index (χ0v) is 12.9. The first-order valence-corrected chi connectivity index (χ1v) is 7.09. The van der Waals surface area contributed by atoms with E-state index in [4.69, 9.17) is 9.47 Å². The second-order valence-electron chi connectivity index (χ2n) is 5.07. The van der Waals surface area contributed by atoms with Crippen LogP contribution in [0.15, 0.2) is 48.5 Å². The molecule has 120 valence electrons. The summed E-state index contributed by atoms with van der Waals surface area (Å²) in [6, 6.07) is 13.4. The number of hydrogen-bond acceptors (Lipinski definition) is 5. The van der Waals surface area contributed by atoms with Crippen LogP contribution < -0.4 is 4.74 Å². The maximum Gasteiger partial charge on any atom is 0.347 e. The van der Waals surface area contributed by atoms with Gasteiger partial charge in [0.2, 0.25) is 0 Å². The van der Waals surface area contributed by atoms with Crippen molar-refractivity contribution in [1.29, 1.82) is 0 Å². The Morgan fingerprint density at radius 2 is 1.83 bits per heavy atom. The molecule has 0 bridgehead atoms. The van der Waals surface area contributed by atoms with E-state index < -0.39 is 17.0 Å². The Balaban J connectivity index is 1.94. The maximum absolute atomic E-state index is 12.0. The van der Waals surface area contributed by atoms with Crippen LogP contribution in [0.2, 0.25) is 0 Å². The molecule has 0 fully saturated rings. The van der Waals surface area contributed by atoms with Crippen molar-refractivity contribution >= 4 is 11.7 Å². The average Bonchev–Trinajstić information content (AvgIpc) is 2.54. The first kappa shape index (κ1) is 16.5. The second-order valence-corrected chi connectivity index (χ2v) is 5.07. The van der Waals surface area contributed by atoms with E-state index in [9.17, 15) is 14.9 Å². The predicted octanol–water partition coefficient (Wildman–Crippen LogP) is 3.41. The summed E-state index contributed by atoms with van der Waals surface area (Å²) >= 11 is 0. The van der Waals surface area contributed by atoms with Crippen molar-refractivity contribution in [3.05, 3.63) is 69.8 Å². The molecule has 0 radical (unpaired) electrons. The molecule has 2 aromatic rings. The molecule has 23 heavy (non-hydrogen) atoms. The molecule has 0 amide bonds. The van der Waals surface area contributed by atoms with Crippen molar-refractivity contribution < 1.29 is 19.2 Å². The highest BCUT2D eigenvalue weighted by molar-refractivity contribution is 5.74. The number of para-hydroxylation sites is 1. The van der Waals surface area contributed by atoms with Crippen LogP contribution in [0.3, 0.4) is 0 Å². The molecule has 0 aliphatic carbocycles. The normalized spacial score (nSPS) is 11.6. The van der Waals surface area contributed by atoms with Crippen LogP contribution in [0.1, 0.15) is 18.1 Å². The minimum Gasteiger partial charge on any atom is -0.479 e. The minimum atomic E-state index is -0.805. The van der Waals surface area contributed by atoms with Gasteiger partial charge in [-0.1, -0.05) is 29.8 Å². The number of benzene rings is 2. The van der Waals surface area contributed by atoms with Gasteiger partial charge in [0.05, 0.1) is 10.5 Å². The fraction of sp³-hybridized carbons (Fsp3) is 0.235. The summed E-state index contributed by atoms with van der Waals surface area (Å²) in [5.41, 5.74) is 1.35. The Morgan fingerprint density at radius 1 is 1.17 bits per heavy atom. The Bertz CT molecular complexity index is 696. The molecule has 0 aromatic heterocycles. The minimum absolute atomic E-state index is 0.0765. The average molecular weight is 315 g/mol. The fourth-order valence-electron chi connectivity index (χ4n) is 1.95. The molecule has 0 aliphatic heterocycles. The number of nitrogens with zero attached hydrogens (tertiary/aromatic N) is 1. The van der Waals surface area contributed by atoms with Crippen LogP contribution in [0.5, 0.6) is 5.75 Å². The number of nitro groups is 1. The zero-order chi connectivity index (χ0) is 16.8. The van der Waals surface area contributed by atoms with E-state index in [2.05, 4.69) is 0 Å². The van der Waals surface area contributed by atoms with Crippen LogP contribution in [0.25, 0.3) is 0 Å². The van der Waals surface area contributed by atoms with E-state index in [1.807, 2.05) is 19.1 Å². The molecule has 1 atom stereocenters. The summed E-state index contributed by atoms with van der Waals surface area (Å²) in [6.45, 7) is 3.35. The van der Waals surface area contributed by atoms with Gasteiger partial charge in [-0.25, -0.2) is 4.79 Å². The number of nitro benzene ring substituents is 1. The number of ether oxygens (including phenoxy) is 2. The lowest BCUT2D eigenvalue weighted by molar-refractivity contribution is -0.385. The third-order valence-corrected chi connectivity index (χ3v) is 3.22. The molecule has 2 aromatic carbocycles. The Morgan fingerprint density at radius 3 is 2.48 bits per heavy atom. The van der Waals surface area contributed by atoms with Gasteiger partial charge in [0.15, 0.2) is 6.10 Å². The largest absolute Gasteiger partial charge is 0.479 e. The number of carbonyl (C=O) groups excluding carboxylic acids is 1. The molecule has 0 N–H and O–H groups in total. The van der Waals surface area contributed by atoms with E-state index in [0.717, 1.165) is 5.56 Å². The van der Waals surface area contributed by atoms with Crippen molar-refractivity contribution in [3.8, 4) is 5.75 Å². The molecule has 2 rings (SSSR count). The molecule has 0 heterocycles. The summed E-state index contributed by atoms with van der Waals surface area (Å²) in [4.78, 5) is 22.4. The molecule has 6 heteroatoms. The highest BCUT2D eigenvalue weighted by atomic mass is 16.6. The Hall–Kier alpha value is -2.89. The summed E-state index contributed by atoms with van der Waals surface area (Å²) in [5.74, 6) is -0.0190. The zero-order valence-electron chi connectivity index (χ0n) is 12.9. The summed E-state index contributed by atoms with van der Waals surface area (Å²) in [5, 5.41) is 10.9. The summed E-state index contributed by atoms with van der Waals surface area (Å²) < 4.78 is 10.6. The van der Waals surface area contributed by atoms with Gasteiger partial charge in [-0.3, -0.25) is 10.1 Å². The molecule has 0 spiro atoms. The third kappa shape index (κ3) is 4.54. The van der Waals surface area contributed by atoms with Gasteiger partial charge in [0, 0.05) is 6.07 Å². The Kier molecular flexibility index (Phi) is 5.30. The topological polar surface area (TPSA) is 78.7 Å². The molecule has 0 saturated heterocycles. The number of esters is 1. The van der Waals surface area contributed by atoms with Crippen molar-refractivity contribution in [3.63, 3.8) is 0 Å². The highest BCUT2D eigenvalue weighted by Crippen LogP contribution is 2.19. The van der Waals surface area contributed by atoms with E-state index in [1.54, 1.807) is 37.3 Å². The summed E-state index contributed by atoms with van der Waals surface area (Å²) in [7, 11) is 0. The lowest BCUT2D eigenvalue weighted by Gasteiger charge is -2.14. The predicted molar refractivity (Wildman–Crippen MR) is 84.2 cm³/mol. The van der Waals surface area contributed by atoms with Gasteiger partial charge in [-0.05, 0) is 32.0 Å². The smallest absolute Gasteiger partial charge is 0.347 e. The number of carbonyl (C=O) groups is 1. The van der Waals surface area contributed by atoms with Gasteiger partial charge in [0.1, 0.15) is 12.4 Å². The highest BCUT2D eigenvalue weighted by Gasteiger charge is 2.19. The lowest BCUT2D eigenvalue weighted by Crippen LogP contribution is -2.26. The third-order valence-electron chi connectivity index (χ3n) is 3.22. The van der Waals surface area contributed by atoms with E-state index >= 15 is 0 Å². The molecule has 0 aliphatic rings. The SMILES string of the molecule is Cc1ccc(OC(C)C(=O)OCc2ccccc2[N+](=O)[O-])cc1. The fourth-order valence-corrected chi connectivity index (χ4v) is 1.95. The van der Waals surface area contributed by atoms with Gasteiger partial charge < -0.3 is 9.47 Å². The van der Waals surface area contributed by atoms with Gasteiger partial charge >= 0.3 is 5.97 Å². The first-order chi connectivity index (χ1) is 11.0. The maximum atomic E-state index is 12.0. The molecular formula is C17H17NO5. The first-order valence-electron chi connectivity index (χ1n) is 7.09. The molecular weight excluding hydrogens is 298 g/mol. The van der Waals surface area contributed by atoms with Gasteiger partial charge in [0.25, 0.3) is 5.69 Å². The van der Waals surface area contributed by atoms with Crippen LogP contribution in [0.4, 0.5) is 5.69 Å². The number of rotatable bonds is 6. The van der Waals surface area contributed by atoms with E-state index in [1.165, 1.54) is 6.07 Å². The van der Waals surface area contributed by atoms with E-state index in [-0.39, 0.29) is 12.3 Å². The Labute approximate surface area is 133 Å². The van der Waals surface area contributed by atoms with Crippen molar-refractivity contribution in [1.82, 2.24) is 0 Å². The standard InChI is InChI=1S/C17H17NO5/c1-12-7-9-15(10-8-12)23-13(2)17(19)22-11-14-5-3-4-6-16(14)18(20)21/h3-10,13H,11H2,1-2H3. The number of aryl methyl sites for hydroxylation is 1. The monoisotopic (exact) mass is 315 g/mol. The second kappa shape index (κ2) is 7.40. The quantitative estimate of drug-likeness (QED) is 0.463. The van der Waals surface area contributed by atoms with Crippen molar-refractivity contribution in [2.24, 2.45) is 0 Å². The summed E-state index contributed by atoms with van der Waals surface area (Å²) in [6.07, 6.45) is -0.805. The van der Waals surface area contributed by atoms with Crippen LogP contribution >= 0.6 is 0 Å². The van der Waals surface area contributed by atoms with Crippen LogP contribution in [-0.4, -0.2) is 17.0 Å². The molecule has 6 nitrogen and oxygen atoms in total. The van der Waals surface area contributed by atoms with Crippen LogP contribution in [-0.2, 0) is 16.1 Å². The lowest BCUT2D eigenvalue weighted by atomic mass is 10.2. The van der Waals surface area contributed by atoms with Gasteiger partial charge in [-0.2, -0.15) is 0 Å². The number of hydrogen-bond donors (Lipinski definition) is 0. The molecule has 0 saturated carbocycles. The van der Waals surface area contributed by atoms with Crippen molar-refractivity contribution in [2.45, 2.75) is 26.6 Å².